The van der Waals surface area contributed by atoms with E-state index in [-0.39, 0.29) is 16.6 Å². The Bertz CT molecular complexity index is 626. The number of hydrogen-bond acceptors (Lipinski definition) is 5. The third kappa shape index (κ3) is 4.55. The molecule has 0 aliphatic heterocycles. The number of rotatable bonds is 6. The van der Waals surface area contributed by atoms with Crippen molar-refractivity contribution in [3.63, 3.8) is 0 Å². The van der Waals surface area contributed by atoms with Crippen molar-refractivity contribution in [3.05, 3.63) is 40.9 Å². The Kier molecular flexibility index (Phi) is 5.58. The smallest absolute Gasteiger partial charge is 0.233 e. The Morgan fingerprint density at radius 1 is 1.45 bits per heavy atom. The number of nitrogens with one attached hydrogen (secondary N) is 1. The summed E-state index contributed by atoms with van der Waals surface area (Å²) >= 11 is 2.89. The predicted molar refractivity (Wildman–Crippen MR) is 92.4 cm³/mol. The monoisotopic (exact) mass is 335 g/mol. The fourth-order valence-electron chi connectivity index (χ4n) is 2.04. The van der Waals surface area contributed by atoms with Gasteiger partial charge in [0.2, 0.25) is 5.91 Å². The fraction of sp³-hybridized carbons (Fsp3) is 0.438. The molecule has 0 saturated carbocycles. The first-order valence-corrected chi connectivity index (χ1v) is 8.92. The molecule has 0 radical (unpaired) electrons. The molecular formula is C16H21N3OS2. The molecule has 0 aliphatic carbocycles. The van der Waals surface area contributed by atoms with Crippen LogP contribution in [0.2, 0.25) is 0 Å². The topological polar surface area (TPSA) is 54.9 Å². The third-order valence-electron chi connectivity index (χ3n) is 3.49. The number of aromatic nitrogens is 2. The molecule has 4 nitrogen and oxygen atoms in total. The first-order chi connectivity index (χ1) is 10.4. The largest absolute Gasteiger partial charge is 0.354 e. The van der Waals surface area contributed by atoms with Crippen LogP contribution in [0.3, 0.4) is 0 Å². The van der Waals surface area contributed by atoms with Gasteiger partial charge in [0.25, 0.3) is 0 Å². The van der Waals surface area contributed by atoms with Crippen LogP contribution < -0.4 is 5.32 Å². The number of amides is 1. The Hall–Kier alpha value is -1.40. The van der Waals surface area contributed by atoms with Crippen LogP contribution in [0, 0.1) is 6.92 Å². The lowest BCUT2D eigenvalue weighted by Gasteiger charge is -2.26. The average molecular weight is 335 g/mol. The van der Waals surface area contributed by atoms with E-state index in [0.29, 0.717) is 6.54 Å². The van der Waals surface area contributed by atoms with Crippen LogP contribution in [0.4, 0.5) is 0 Å². The van der Waals surface area contributed by atoms with Gasteiger partial charge in [-0.05, 0) is 19.4 Å². The molecule has 0 saturated heterocycles. The summed E-state index contributed by atoms with van der Waals surface area (Å²) in [5.74, 6) is 0.0286. The van der Waals surface area contributed by atoms with Crippen molar-refractivity contribution in [1.29, 1.82) is 0 Å². The van der Waals surface area contributed by atoms with E-state index in [4.69, 9.17) is 0 Å². The van der Waals surface area contributed by atoms with Crippen LogP contribution >= 0.6 is 23.1 Å². The lowest BCUT2D eigenvalue weighted by molar-refractivity contribution is -0.120. The van der Waals surface area contributed by atoms with E-state index >= 15 is 0 Å². The molecular weight excluding hydrogens is 314 g/mol. The van der Waals surface area contributed by atoms with E-state index in [1.165, 1.54) is 34.2 Å². The van der Waals surface area contributed by atoms with Gasteiger partial charge >= 0.3 is 0 Å². The minimum absolute atomic E-state index is 0.0286. The van der Waals surface area contributed by atoms with Crippen LogP contribution in [0.15, 0.2) is 34.1 Å². The number of aryl methyl sites for hydroxylation is 1. The molecule has 1 unspecified atom stereocenters. The summed E-state index contributed by atoms with van der Waals surface area (Å²) in [6, 6.07) is 8.42. The second-order valence-electron chi connectivity index (χ2n) is 5.94. The lowest BCUT2D eigenvalue weighted by Crippen LogP contribution is -2.40. The fourth-order valence-corrected chi connectivity index (χ4v) is 3.69. The minimum Gasteiger partial charge on any atom is -0.354 e. The highest BCUT2D eigenvalue weighted by Gasteiger charge is 2.23. The lowest BCUT2D eigenvalue weighted by atomic mass is 9.84. The molecule has 1 aromatic carbocycles. The Balaban J connectivity index is 1.92. The predicted octanol–water partition coefficient (Wildman–Crippen LogP) is 3.42. The molecule has 1 N–H and O–H groups in total. The molecule has 0 fully saturated rings. The highest BCUT2D eigenvalue weighted by Crippen LogP contribution is 2.25. The van der Waals surface area contributed by atoms with E-state index in [2.05, 4.69) is 60.6 Å². The Morgan fingerprint density at radius 3 is 2.86 bits per heavy atom. The second kappa shape index (κ2) is 7.24. The Morgan fingerprint density at radius 2 is 2.23 bits per heavy atom. The first-order valence-electron chi connectivity index (χ1n) is 7.16. The molecule has 0 aliphatic rings. The number of hydrogen-bond donors (Lipinski definition) is 1. The van der Waals surface area contributed by atoms with Gasteiger partial charge in [0.15, 0.2) is 4.34 Å². The van der Waals surface area contributed by atoms with E-state index in [1.807, 2.05) is 6.92 Å². The summed E-state index contributed by atoms with van der Waals surface area (Å²) in [6.07, 6.45) is 0. The summed E-state index contributed by atoms with van der Waals surface area (Å²) in [6.45, 7) is 8.87. The van der Waals surface area contributed by atoms with Crippen LogP contribution in [0.1, 0.15) is 31.9 Å². The van der Waals surface area contributed by atoms with Crippen LogP contribution in [0.25, 0.3) is 0 Å². The van der Waals surface area contributed by atoms with Crippen molar-refractivity contribution in [2.45, 2.75) is 42.7 Å². The Labute approximate surface area is 139 Å². The van der Waals surface area contributed by atoms with Gasteiger partial charge in [0, 0.05) is 12.0 Å². The number of carbonyl (C=O) groups is 1. The van der Waals surface area contributed by atoms with Gasteiger partial charge in [-0.15, -0.1) is 10.2 Å². The van der Waals surface area contributed by atoms with Crippen molar-refractivity contribution in [2.75, 3.05) is 6.54 Å². The van der Waals surface area contributed by atoms with E-state index in [9.17, 15) is 4.79 Å². The maximum absolute atomic E-state index is 12.2. The van der Waals surface area contributed by atoms with Gasteiger partial charge in [-0.2, -0.15) is 0 Å². The average Bonchev–Trinajstić information content (AvgIpc) is 2.97. The number of nitrogens with zero attached hydrogens (tertiary/aromatic N) is 2. The zero-order chi connectivity index (χ0) is 16.2. The first kappa shape index (κ1) is 17.0. The molecule has 22 heavy (non-hydrogen) atoms. The highest BCUT2D eigenvalue weighted by atomic mass is 32.2. The van der Waals surface area contributed by atoms with Gasteiger partial charge in [-0.1, -0.05) is 66.8 Å². The molecule has 1 heterocycles. The minimum atomic E-state index is -0.179. The van der Waals surface area contributed by atoms with Gasteiger partial charge < -0.3 is 5.32 Å². The van der Waals surface area contributed by atoms with Crippen molar-refractivity contribution in [3.8, 4) is 0 Å². The molecule has 1 amide bonds. The quantitative estimate of drug-likeness (QED) is 0.822. The maximum atomic E-state index is 12.2. The number of thioether (sulfide) groups is 1. The van der Waals surface area contributed by atoms with Gasteiger partial charge in [0.1, 0.15) is 5.51 Å². The normalized spacial score (nSPS) is 12.9. The van der Waals surface area contributed by atoms with Crippen molar-refractivity contribution in [1.82, 2.24) is 15.5 Å². The van der Waals surface area contributed by atoms with Crippen molar-refractivity contribution >= 4 is 29.0 Å². The van der Waals surface area contributed by atoms with Crippen LogP contribution in [-0.4, -0.2) is 27.9 Å². The molecule has 0 bridgehead atoms. The molecule has 118 valence electrons. The molecule has 2 aromatic rings. The number of benzene rings is 1. The summed E-state index contributed by atoms with van der Waals surface area (Å²) in [7, 11) is 0. The molecule has 1 atom stereocenters. The third-order valence-corrected chi connectivity index (χ3v) is 5.40. The second-order valence-corrected chi connectivity index (χ2v) is 8.36. The summed E-state index contributed by atoms with van der Waals surface area (Å²) in [4.78, 5) is 12.2. The zero-order valence-electron chi connectivity index (χ0n) is 13.3. The van der Waals surface area contributed by atoms with Crippen molar-refractivity contribution < 1.29 is 4.79 Å². The van der Waals surface area contributed by atoms with Crippen LogP contribution in [-0.2, 0) is 10.2 Å². The van der Waals surface area contributed by atoms with Crippen LogP contribution in [0.5, 0.6) is 0 Å². The molecule has 1 aromatic heterocycles. The molecule has 2 rings (SSSR count). The molecule has 0 spiro atoms. The SMILES string of the molecule is Cc1cccc(C(C)(C)CNC(=O)C(C)Sc2nncs2)c1. The standard InChI is InChI=1S/C16H21N3OS2/c1-11-6-5-7-13(8-11)16(3,4)9-17-14(20)12(2)22-15-19-18-10-21-15/h5-8,10,12H,9H2,1-4H3,(H,17,20). The number of carbonyl (C=O) groups excluding carboxylic acids is 1. The van der Waals surface area contributed by atoms with E-state index in [1.54, 1.807) is 5.51 Å². The highest BCUT2D eigenvalue weighted by molar-refractivity contribution is 8.02. The van der Waals surface area contributed by atoms with Crippen molar-refractivity contribution in [2.24, 2.45) is 0 Å². The summed E-state index contributed by atoms with van der Waals surface area (Å²) in [5.41, 5.74) is 4.04. The maximum Gasteiger partial charge on any atom is 0.233 e. The van der Waals surface area contributed by atoms with Gasteiger partial charge in [-0.25, -0.2) is 0 Å². The van der Waals surface area contributed by atoms with E-state index in [0.717, 1.165) is 4.34 Å². The van der Waals surface area contributed by atoms with Gasteiger partial charge in [-0.3, -0.25) is 4.79 Å². The zero-order valence-corrected chi connectivity index (χ0v) is 14.9. The summed E-state index contributed by atoms with van der Waals surface area (Å²) in [5, 5.41) is 10.6. The van der Waals surface area contributed by atoms with E-state index < -0.39 is 0 Å². The van der Waals surface area contributed by atoms with Gasteiger partial charge in [0.05, 0.1) is 5.25 Å². The summed E-state index contributed by atoms with van der Waals surface area (Å²) < 4.78 is 0.820. The molecule has 6 heteroatoms.